The Bertz CT molecular complexity index is 734. The molecule has 0 radical (unpaired) electrons. The average Bonchev–Trinajstić information content (AvgIpc) is 2.64. The normalized spacial score (nSPS) is 12.1. The number of hydrogen-bond acceptors (Lipinski definition) is 0. The number of halogens is 1. The second-order valence-electron chi connectivity index (χ2n) is 5.62. The number of allylic oxidation sites excluding steroid dienone is 1. The first kappa shape index (κ1) is 15.6. The van der Waals surface area contributed by atoms with E-state index in [0.717, 1.165) is 16.2 Å². The van der Waals surface area contributed by atoms with Gasteiger partial charge in [0.25, 0.3) is 0 Å². The Labute approximate surface area is 143 Å². The Balaban J connectivity index is 2.12. The fourth-order valence-electron chi connectivity index (χ4n) is 2.92. The van der Waals surface area contributed by atoms with E-state index in [9.17, 15) is 0 Å². The summed E-state index contributed by atoms with van der Waals surface area (Å²) in [5.74, 6) is 0.158. The van der Waals surface area contributed by atoms with Crippen LogP contribution in [0.1, 0.15) is 29.5 Å². The van der Waals surface area contributed by atoms with Gasteiger partial charge in [0, 0.05) is 11.0 Å². The van der Waals surface area contributed by atoms with Crippen LogP contribution in [0.5, 0.6) is 0 Å². The number of benzene rings is 3. The molecule has 0 heterocycles. The summed E-state index contributed by atoms with van der Waals surface area (Å²) in [7, 11) is 0. The molecular weight excluding hydrogens is 300 g/mol. The van der Waals surface area contributed by atoms with E-state index in [-0.39, 0.29) is 5.92 Å². The number of rotatable bonds is 4. The van der Waals surface area contributed by atoms with Crippen molar-refractivity contribution in [3.05, 3.63) is 113 Å². The molecular formula is C22H19Cl. The third kappa shape index (κ3) is 3.55. The van der Waals surface area contributed by atoms with Crippen molar-refractivity contribution in [2.75, 3.05) is 0 Å². The van der Waals surface area contributed by atoms with Gasteiger partial charge < -0.3 is 0 Å². The van der Waals surface area contributed by atoms with Gasteiger partial charge in [-0.2, -0.15) is 0 Å². The van der Waals surface area contributed by atoms with Gasteiger partial charge in [-0.05, 0) is 29.2 Å². The monoisotopic (exact) mass is 318 g/mol. The molecule has 0 saturated carbocycles. The fraction of sp³-hybridized carbons (Fsp3) is 0.0909. The molecule has 3 aromatic rings. The molecule has 0 aliphatic heterocycles. The highest BCUT2D eigenvalue weighted by atomic mass is 35.5. The Morgan fingerprint density at radius 1 is 0.652 bits per heavy atom. The van der Waals surface area contributed by atoms with Gasteiger partial charge in [-0.1, -0.05) is 103 Å². The molecule has 0 amide bonds. The molecule has 0 atom stereocenters. The SMILES string of the molecule is C/C(=C(\Cl)c1ccccc1)C(c1ccccc1)c1ccccc1. The fourth-order valence-corrected chi connectivity index (χ4v) is 3.16. The van der Waals surface area contributed by atoms with Gasteiger partial charge >= 0.3 is 0 Å². The zero-order chi connectivity index (χ0) is 16.1. The lowest BCUT2D eigenvalue weighted by Gasteiger charge is -2.21. The van der Waals surface area contributed by atoms with E-state index < -0.39 is 0 Å². The van der Waals surface area contributed by atoms with Gasteiger partial charge in [0.05, 0.1) is 0 Å². The Morgan fingerprint density at radius 2 is 1.04 bits per heavy atom. The van der Waals surface area contributed by atoms with E-state index in [1.807, 2.05) is 30.3 Å². The van der Waals surface area contributed by atoms with Crippen LogP contribution in [0.4, 0.5) is 0 Å². The second-order valence-corrected chi connectivity index (χ2v) is 6.00. The van der Waals surface area contributed by atoms with Crippen LogP contribution < -0.4 is 0 Å². The molecule has 0 bridgehead atoms. The molecule has 3 aromatic carbocycles. The third-order valence-electron chi connectivity index (χ3n) is 4.07. The molecule has 0 spiro atoms. The Morgan fingerprint density at radius 3 is 1.48 bits per heavy atom. The summed E-state index contributed by atoms with van der Waals surface area (Å²) >= 11 is 6.73. The van der Waals surface area contributed by atoms with Crippen LogP contribution in [0.2, 0.25) is 0 Å². The lowest BCUT2D eigenvalue weighted by molar-refractivity contribution is 0.953. The topological polar surface area (TPSA) is 0 Å². The quantitative estimate of drug-likeness (QED) is 0.516. The van der Waals surface area contributed by atoms with Crippen molar-refractivity contribution in [1.29, 1.82) is 0 Å². The van der Waals surface area contributed by atoms with E-state index in [2.05, 4.69) is 67.6 Å². The highest BCUT2D eigenvalue weighted by Gasteiger charge is 2.19. The molecule has 0 fully saturated rings. The summed E-state index contributed by atoms with van der Waals surface area (Å²) in [6.45, 7) is 2.12. The first-order valence-corrected chi connectivity index (χ1v) is 8.17. The second kappa shape index (κ2) is 7.30. The van der Waals surface area contributed by atoms with Crippen molar-refractivity contribution in [2.24, 2.45) is 0 Å². The van der Waals surface area contributed by atoms with Crippen molar-refractivity contribution in [3.8, 4) is 0 Å². The van der Waals surface area contributed by atoms with Gasteiger partial charge in [0.1, 0.15) is 0 Å². The van der Waals surface area contributed by atoms with Crippen molar-refractivity contribution in [1.82, 2.24) is 0 Å². The van der Waals surface area contributed by atoms with Gasteiger partial charge in [-0.15, -0.1) is 0 Å². The minimum atomic E-state index is 0.158. The van der Waals surface area contributed by atoms with Gasteiger partial charge in [0.2, 0.25) is 0 Å². The first-order valence-electron chi connectivity index (χ1n) is 7.79. The largest absolute Gasteiger partial charge is 0.0837 e. The maximum absolute atomic E-state index is 6.73. The summed E-state index contributed by atoms with van der Waals surface area (Å²) in [5.41, 5.74) is 4.73. The van der Waals surface area contributed by atoms with Crippen LogP contribution in [-0.4, -0.2) is 0 Å². The van der Waals surface area contributed by atoms with Crippen molar-refractivity contribution in [3.63, 3.8) is 0 Å². The smallest absolute Gasteiger partial charge is 0.0477 e. The lowest BCUT2D eigenvalue weighted by Crippen LogP contribution is -2.04. The van der Waals surface area contributed by atoms with E-state index in [0.29, 0.717) is 0 Å². The minimum absolute atomic E-state index is 0.158. The van der Waals surface area contributed by atoms with Crippen LogP contribution in [0.15, 0.2) is 96.6 Å². The molecule has 0 aliphatic rings. The summed E-state index contributed by atoms with van der Waals surface area (Å²) < 4.78 is 0. The van der Waals surface area contributed by atoms with E-state index in [1.54, 1.807) is 0 Å². The van der Waals surface area contributed by atoms with Crippen LogP contribution in [0, 0.1) is 0 Å². The summed E-state index contributed by atoms with van der Waals surface area (Å²) in [4.78, 5) is 0. The van der Waals surface area contributed by atoms with Crippen LogP contribution >= 0.6 is 11.6 Å². The van der Waals surface area contributed by atoms with E-state index >= 15 is 0 Å². The Hall–Kier alpha value is -2.31. The average molecular weight is 319 g/mol. The zero-order valence-corrected chi connectivity index (χ0v) is 13.9. The molecule has 0 saturated heterocycles. The van der Waals surface area contributed by atoms with E-state index in [1.165, 1.54) is 11.1 Å². The molecule has 114 valence electrons. The molecule has 0 nitrogen and oxygen atoms in total. The van der Waals surface area contributed by atoms with Crippen LogP contribution in [0.3, 0.4) is 0 Å². The van der Waals surface area contributed by atoms with Gasteiger partial charge in [-0.25, -0.2) is 0 Å². The predicted molar refractivity (Wildman–Crippen MR) is 99.6 cm³/mol. The molecule has 3 rings (SSSR count). The maximum Gasteiger partial charge on any atom is 0.0477 e. The van der Waals surface area contributed by atoms with Crippen LogP contribution in [-0.2, 0) is 0 Å². The predicted octanol–water partition coefficient (Wildman–Crippen LogP) is 6.49. The minimum Gasteiger partial charge on any atom is -0.0837 e. The highest BCUT2D eigenvalue weighted by molar-refractivity contribution is 6.49. The van der Waals surface area contributed by atoms with Gasteiger partial charge in [0.15, 0.2) is 0 Å². The molecule has 0 aliphatic carbocycles. The lowest BCUT2D eigenvalue weighted by atomic mass is 9.84. The molecule has 1 heteroatoms. The standard InChI is InChI=1S/C22H19Cl/c1-17(22(23)20-15-9-4-10-16-20)21(18-11-5-2-6-12-18)19-13-7-3-8-14-19/h2-16,21H,1H3/b22-17+. The summed E-state index contributed by atoms with van der Waals surface area (Å²) in [6.07, 6.45) is 0. The zero-order valence-electron chi connectivity index (χ0n) is 13.1. The maximum atomic E-state index is 6.73. The highest BCUT2D eigenvalue weighted by Crippen LogP contribution is 2.37. The Kier molecular flexibility index (Phi) is 4.95. The summed E-state index contributed by atoms with van der Waals surface area (Å²) in [6, 6.07) is 31.2. The van der Waals surface area contributed by atoms with Crippen molar-refractivity contribution in [2.45, 2.75) is 12.8 Å². The molecule has 0 aromatic heterocycles. The molecule has 0 unspecified atom stereocenters. The van der Waals surface area contributed by atoms with E-state index in [4.69, 9.17) is 11.6 Å². The molecule has 0 N–H and O–H groups in total. The first-order chi connectivity index (χ1) is 11.3. The number of hydrogen-bond donors (Lipinski definition) is 0. The van der Waals surface area contributed by atoms with Crippen molar-refractivity contribution >= 4 is 16.6 Å². The van der Waals surface area contributed by atoms with Gasteiger partial charge in [-0.3, -0.25) is 0 Å². The van der Waals surface area contributed by atoms with Crippen molar-refractivity contribution < 1.29 is 0 Å². The summed E-state index contributed by atoms with van der Waals surface area (Å²) in [5, 5.41) is 0.823. The third-order valence-corrected chi connectivity index (χ3v) is 4.59. The van der Waals surface area contributed by atoms with Crippen LogP contribution in [0.25, 0.3) is 5.03 Å². The molecule has 23 heavy (non-hydrogen) atoms.